The average Bonchev–Trinajstić information content (AvgIpc) is 2.43. The van der Waals surface area contributed by atoms with Crippen LogP contribution < -0.4 is 5.32 Å². The van der Waals surface area contributed by atoms with Crippen LogP contribution in [0.2, 0.25) is 0 Å². The fourth-order valence-corrected chi connectivity index (χ4v) is 1.66. The zero-order valence-electron chi connectivity index (χ0n) is 12.0. The molecule has 0 fully saturated rings. The summed E-state index contributed by atoms with van der Waals surface area (Å²) in [7, 11) is 0. The van der Waals surface area contributed by atoms with E-state index in [0.29, 0.717) is 5.92 Å². The Hall–Kier alpha value is -1.31. The Labute approximate surface area is 111 Å². The van der Waals surface area contributed by atoms with E-state index in [1.54, 1.807) is 0 Å². The summed E-state index contributed by atoms with van der Waals surface area (Å²) in [5.41, 5.74) is 1.91. The molecular formula is C16H25NO. The van der Waals surface area contributed by atoms with Crippen molar-refractivity contribution in [2.75, 3.05) is 11.9 Å². The molecule has 18 heavy (non-hydrogen) atoms. The number of nitrogens with one attached hydrogen (secondary N) is 1. The van der Waals surface area contributed by atoms with Crippen molar-refractivity contribution in [1.29, 1.82) is 0 Å². The third kappa shape index (κ3) is 4.17. The van der Waals surface area contributed by atoms with Crippen LogP contribution in [0.4, 0.5) is 5.69 Å². The molecule has 0 bridgehead atoms. The van der Waals surface area contributed by atoms with Gasteiger partial charge >= 0.3 is 0 Å². The van der Waals surface area contributed by atoms with Gasteiger partial charge in [0.05, 0.1) is 0 Å². The van der Waals surface area contributed by atoms with Crippen molar-refractivity contribution in [2.45, 2.75) is 40.5 Å². The quantitative estimate of drug-likeness (QED) is 0.725. The van der Waals surface area contributed by atoms with Crippen molar-refractivity contribution >= 4 is 11.5 Å². The molecule has 0 saturated heterocycles. The van der Waals surface area contributed by atoms with Crippen LogP contribution in [0.1, 0.15) is 50.9 Å². The van der Waals surface area contributed by atoms with E-state index in [1.807, 2.05) is 38.1 Å². The predicted molar refractivity (Wildman–Crippen MR) is 78.2 cm³/mol. The summed E-state index contributed by atoms with van der Waals surface area (Å²) in [6, 6.07) is 7.84. The number of hydrogen-bond acceptors (Lipinski definition) is 2. The highest BCUT2D eigenvalue weighted by Crippen LogP contribution is 2.15. The Bertz CT molecular complexity index is 369. The standard InChI is InChI=1S/C16H25NO/c1-5-12(3)11-17-15-9-7-14(8-10-15)16(18)13(4)6-2/h7-10,12-13,17H,5-6,11H2,1-4H3. The highest BCUT2D eigenvalue weighted by atomic mass is 16.1. The predicted octanol–water partition coefficient (Wildman–Crippen LogP) is 4.37. The summed E-state index contributed by atoms with van der Waals surface area (Å²) < 4.78 is 0. The topological polar surface area (TPSA) is 29.1 Å². The van der Waals surface area contributed by atoms with Crippen molar-refractivity contribution in [3.63, 3.8) is 0 Å². The van der Waals surface area contributed by atoms with E-state index < -0.39 is 0 Å². The minimum Gasteiger partial charge on any atom is -0.385 e. The van der Waals surface area contributed by atoms with Crippen LogP contribution in [-0.2, 0) is 0 Å². The molecule has 1 aromatic carbocycles. The first-order valence-corrected chi connectivity index (χ1v) is 6.96. The van der Waals surface area contributed by atoms with Crippen LogP contribution in [0.25, 0.3) is 0 Å². The lowest BCUT2D eigenvalue weighted by atomic mass is 9.97. The lowest BCUT2D eigenvalue weighted by Gasteiger charge is -2.12. The summed E-state index contributed by atoms with van der Waals surface area (Å²) in [5.74, 6) is 1.03. The Morgan fingerprint density at radius 1 is 1.11 bits per heavy atom. The normalized spacial score (nSPS) is 14.0. The van der Waals surface area contributed by atoms with Gasteiger partial charge in [-0.15, -0.1) is 0 Å². The van der Waals surface area contributed by atoms with Crippen molar-refractivity contribution in [3.05, 3.63) is 29.8 Å². The number of rotatable bonds is 7. The highest BCUT2D eigenvalue weighted by molar-refractivity contribution is 5.97. The third-order valence-corrected chi connectivity index (χ3v) is 3.58. The minimum absolute atomic E-state index is 0.115. The monoisotopic (exact) mass is 247 g/mol. The molecule has 2 nitrogen and oxygen atoms in total. The van der Waals surface area contributed by atoms with Crippen LogP contribution >= 0.6 is 0 Å². The molecule has 0 aliphatic rings. The van der Waals surface area contributed by atoms with Gasteiger partial charge in [-0.1, -0.05) is 34.1 Å². The smallest absolute Gasteiger partial charge is 0.165 e. The Morgan fingerprint density at radius 3 is 2.22 bits per heavy atom. The van der Waals surface area contributed by atoms with E-state index in [9.17, 15) is 4.79 Å². The summed E-state index contributed by atoms with van der Waals surface area (Å²) in [6.07, 6.45) is 2.07. The molecule has 0 aromatic heterocycles. The number of Topliss-reactive ketones (excluding diaryl/α,β-unsaturated/α-hetero) is 1. The fraction of sp³-hybridized carbons (Fsp3) is 0.562. The molecule has 1 aromatic rings. The van der Waals surface area contributed by atoms with Gasteiger partial charge in [-0.3, -0.25) is 4.79 Å². The average molecular weight is 247 g/mol. The van der Waals surface area contributed by atoms with E-state index in [0.717, 1.165) is 24.2 Å². The van der Waals surface area contributed by atoms with Gasteiger partial charge < -0.3 is 5.32 Å². The molecule has 1 N–H and O–H groups in total. The van der Waals surface area contributed by atoms with Gasteiger partial charge in [0.2, 0.25) is 0 Å². The Balaban J connectivity index is 2.60. The molecule has 0 radical (unpaired) electrons. The van der Waals surface area contributed by atoms with Crippen molar-refractivity contribution < 1.29 is 4.79 Å². The lowest BCUT2D eigenvalue weighted by Crippen LogP contribution is -2.12. The van der Waals surface area contributed by atoms with Crippen LogP contribution in [0.15, 0.2) is 24.3 Å². The molecule has 0 saturated carbocycles. The first kappa shape index (κ1) is 14.7. The van der Waals surface area contributed by atoms with E-state index in [1.165, 1.54) is 6.42 Å². The highest BCUT2D eigenvalue weighted by Gasteiger charge is 2.12. The van der Waals surface area contributed by atoms with Gasteiger partial charge in [-0.25, -0.2) is 0 Å². The zero-order chi connectivity index (χ0) is 13.5. The van der Waals surface area contributed by atoms with Crippen LogP contribution in [0.3, 0.4) is 0 Å². The number of ketones is 1. The van der Waals surface area contributed by atoms with Crippen molar-refractivity contribution in [3.8, 4) is 0 Å². The summed E-state index contributed by atoms with van der Waals surface area (Å²) in [5, 5.41) is 3.39. The Kier molecular flexibility index (Phi) is 5.90. The molecular weight excluding hydrogens is 222 g/mol. The molecule has 2 unspecified atom stereocenters. The largest absolute Gasteiger partial charge is 0.385 e. The van der Waals surface area contributed by atoms with E-state index in [2.05, 4.69) is 19.2 Å². The molecule has 1 rings (SSSR count). The number of hydrogen-bond donors (Lipinski definition) is 1. The second-order valence-electron chi connectivity index (χ2n) is 5.15. The number of anilines is 1. The van der Waals surface area contributed by atoms with E-state index in [-0.39, 0.29) is 11.7 Å². The minimum atomic E-state index is 0.115. The maximum atomic E-state index is 12.0. The van der Waals surface area contributed by atoms with Gasteiger partial charge in [0.25, 0.3) is 0 Å². The maximum absolute atomic E-state index is 12.0. The molecule has 2 heteroatoms. The van der Waals surface area contributed by atoms with Crippen molar-refractivity contribution in [2.24, 2.45) is 11.8 Å². The summed E-state index contributed by atoms with van der Waals surface area (Å²) >= 11 is 0. The number of carbonyl (C=O) groups excluding carboxylic acids is 1. The van der Waals surface area contributed by atoms with Crippen LogP contribution in [0.5, 0.6) is 0 Å². The van der Waals surface area contributed by atoms with Gasteiger partial charge in [0, 0.05) is 23.7 Å². The molecule has 100 valence electrons. The molecule has 2 atom stereocenters. The van der Waals surface area contributed by atoms with Gasteiger partial charge in [0.15, 0.2) is 5.78 Å². The molecule has 0 spiro atoms. The maximum Gasteiger partial charge on any atom is 0.165 e. The molecule has 0 amide bonds. The first-order chi connectivity index (χ1) is 8.58. The molecule has 0 heterocycles. The van der Waals surface area contributed by atoms with E-state index >= 15 is 0 Å². The first-order valence-electron chi connectivity index (χ1n) is 6.96. The SMILES string of the molecule is CCC(C)CNc1ccc(C(=O)C(C)CC)cc1. The summed E-state index contributed by atoms with van der Waals surface area (Å²) in [4.78, 5) is 12.0. The van der Waals surface area contributed by atoms with Crippen molar-refractivity contribution in [1.82, 2.24) is 0 Å². The molecule has 0 aliphatic heterocycles. The number of carbonyl (C=O) groups is 1. The van der Waals surface area contributed by atoms with Gasteiger partial charge in [-0.2, -0.15) is 0 Å². The van der Waals surface area contributed by atoms with Crippen LogP contribution in [0, 0.1) is 11.8 Å². The van der Waals surface area contributed by atoms with Gasteiger partial charge in [-0.05, 0) is 36.6 Å². The Morgan fingerprint density at radius 2 is 1.72 bits per heavy atom. The third-order valence-electron chi connectivity index (χ3n) is 3.58. The lowest BCUT2D eigenvalue weighted by molar-refractivity contribution is 0.0927. The second-order valence-corrected chi connectivity index (χ2v) is 5.15. The van der Waals surface area contributed by atoms with Crippen LogP contribution in [-0.4, -0.2) is 12.3 Å². The summed E-state index contributed by atoms with van der Waals surface area (Å²) in [6.45, 7) is 9.44. The molecule has 0 aliphatic carbocycles. The fourth-order valence-electron chi connectivity index (χ4n) is 1.66. The van der Waals surface area contributed by atoms with Gasteiger partial charge in [0.1, 0.15) is 0 Å². The second kappa shape index (κ2) is 7.20. The number of benzene rings is 1. The zero-order valence-corrected chi connectivity index (χ0v) is 12.0. The van der Waals surface area contributed by atoms with E-state index in [4.69, 9.17) is 0 Å².